The van der Waals surface area contributed by atoms with Gasteiger partial charge in [-0.3, -0.25) is 0 Å². The molecule has 0 radical (unpaired) electrons. The van der Waals surface area contributed by atoms with Crippen molar-refractivity contribution in [1.82, 2.24) is 0 Å². The van der Waals surface area contributed by atoms with E-state index in [2.05, 4.69) is 198 Å². The molecule has 8 aromatic carbocycles. The number of hydrogen-bond donors (Lipinski definition) is 0. The molecule has 3 nitrogen and oxygen atoms in total. The number of furan rings is 1. The largest absolute Gasteiger partial charge is 0.456 e. The highest BCUT2D eigenvalue weighted by Gasteiger charge is 2.51. The highest BCUT2D eigenvalue weighted by molar-refractivity contribution is 6.06. The van der Waals surface area contributed by atoms with Crippen molar-refractivity contribution in [2.45, 2.75) is 43.9 Å². The number of anilines is 6. The van der Waals surface area contributed by atoms with E-state index in [0.29, 0.717) is 5.41 Å². The molecule has 0 saturated heterocycles. The van der Waals surface area contributed by atoms with Gasteiger partial charge in [0.15, 0.2) is 0 Å². The van der Waals surface area contributed by atoms with E-state index in [1.165, 1.54) is 66.5 Å². The van der Waals surface area contributed by atoms with E-state index in [1.807, 2.05) is 12.1 Å². The van der Waals surface area contributed by atoms with Crippen molar-refractivity contribution >= 4 is 56.1 Å². The Labute approximate surface area is 358 Å². The van der Waals surface area contributed by atoms with Gasteiger partial charge in [-0.25, -0.2) is 0 Å². The maximum Gasteiger partial charge on any atom is 0.135 e. The molecule has 4 aliphatic carbocycles. The Kier molecular flexibility index (Phi) is 8.69. The van der Waals surface area contributed by atoms with Gasteiger partial charge >= 0.3 is 0 Å². The third-order valence-electron chi connectivity index (χ3n) is 14.2. The fraction of sp³-hybridized carbons (Fsp3) is 0.172. The number of hydrogen-bond acceptors (Lipinski definition) is 3. The first kappa shape index (κ1) is 36.0. The summed E-state index contributed by atoms with van der Waals surface area (Å²) < 4.78 is 6.18. The van der Waals surface area contributed by atoms with Crippen LogP contribution in [-0.2, 0) is 5.41 Å². The van der Waals surface area contributed by atoms with Crippen LogP contribution in [0.4, 0.5) is 34.1 Å². The lowest BCUT2D eigenvalue weighted by molar-refractivity contribution is -0.00518. The second kappa shape index (κ2) is 14.7. The highest BCUT2D eigenvalue weighted by atomic mass is 16.3. The van der Waals surface area contributed by atoms with E-state index in [4.69, 9.17) is 4.42 Å². The summed E-state index contributed by atoms with van der Waals surface area (Å²) in [6.07, 6.45) is 8.56. The lowest BCUT2D eigenvalue weighted by Crippen LogP contribution is -2.48. The molecule has 0 amide bonds. The molecule has 0 unspecified atom stereocenters. The average Bonchev–Trinajstić information content (AvgIpc) is 3.69. The van der Waals surface area contributed by atoms with E-state index in [-0.39, 0.29) is 0 Å². The quantitative estimate of drug-likeness (QED) is 0.145. The third kappa shape index (κ3) is 6.51. The fourth-order valence-electron chi connectivity index (χ4n) is 11.8. The van der Waals surface area contributed by atoms with Gasteiger partial charge in [-0.05, 0) is 174 Å². The molecule has 3 heteroatoms. The van der Waals surface area contributed by atoms with Crippen LogP contribution >= 0.6 is 0 Å². The molecule has 9 aromatic rings. The van der Waals surface area contributed by atoms with Crippen LogP contribution in [-0.4, -0.2) is 0 Å². The van der Waals surface area contributed by atoms with Gasteiger partial charge in [0.25, 0.3) is 0 Å². The average molecular weight is 789 g/mol. The van der Waals surface area contributed by atoms with Crippen molar-refractivity contribution in [3.05, 3.63) is 206 Å². The minimum absolute atomic E-state index is 0.382. The van der Waals surface area contributed by atoms with Crippen molar-refractivity contribution in [3.63, 3.8) is 0 Å². The Balaban J connectivity index is 0.866. The molecule has 61 heavy (non-hydrogen) atoms. The maximum absolute atomic E-state index is 6.18. The van der Waals surface area contributed by atoms with Crippen molar-refractivity contribution in [2.75, 3.05) is 9.80 Å². The molecule has 0 aliphatic heterocycles. The van der Waals surface area contributed by atoms with Gasteiger partial charge in [-0.2, -0.15) is 0 Å². The molecule has 4 fully saturated rings. The second-order valence-corrected chi connectivity index (χ2v) is 18.0. The first-order valence-electron chi connectivity index (χ1n) is 22.2. The summed E-state index contributed by atoms with van der Waals surface area (Å²) in [6, 6.07) is 72.9. The molecule has 0 spiro atoms. The van der Waals surface area contributed by atoms with Gasteiger partial charge in [0.1, 0.15) is 11.2 Å². The van der Waals surface area contributed by atoms with E-state index in [1.54, 1.807) is 5.56 Å². The minimum atomic E-state index is 0.382. The second-order valence-electron chi connectivity index (χ2n) is 18.0. The van der Waals surface area contributed by atoms with E-state index in [0.717, 1.165) is 68.1 Å². The first-order valence-corrected chi connectivity index (χ1v) is 22.2. The number of rotatable bonds is 9. The van der Waals surface area contributed by atoms with Crippen LogP contribution in [0.3, 0.4) is 0 Å². The maximum atomic E-state index is 6.18. The SMILES string of the molecule is c1ccc(-c2ccc(N(c3ccc(-c4ccc(N(c5ccccc5)c5ccc6oc7ccccc7c6c5)cc4)cc3)c3ccc(C45CC6CC(CC(C6)C4)C5)cc3)cc2)cc1. The summed E-state index contributed by atoms with van der Waals surface area (Å²) in [4.78, 5) is 4.74. The zero-order valence-electron chi connectivity index (χ0n) is 34.3. The van der Waals surface area contributed by atoms with Crippen LogP contribution in [0, 0.1) is 17.8 Å². The van der Waals surface area contributed by atoms with E-state index < -0.39 is 0 Å². The summed E-state index contributed by atoms with van der Waals surface area (Å²) >= 11 is 0. The Bertz CT molecular complexity index is 2930. The van der Waals surface area contributed by atoms with Crippen molar-refractivity contribution in [3.8, 4) is 22.3 Å². The van der Waals surface area contributed by atoms with Gasteiger partial charge in [0.05, 0.1) is 0 Å². The topological polar surface area (TPSA) is 19.6 Å². The highest BCUT2D eigenvalue weighted by Crippen LogP contribution is 2.61. The standard InChI is InChI=1S/C58H48N2O/c1-3-9-43(10-4-1)44-15-23-49(24-16-44)59(52-29-21-47(22-30-52)58-37-40-33-41(38-58)35-42(34-40)39-58)50-25-17-45(18-26-50)46-19-27-51(28-20-46)60(48-11-5-2-6-12-48)53-31-32-57-55(36-53)54-13-7-8-14-56(54)61-57/h1-32,36,40-42H,33-35,37-39H2. The lowest BCUT2D eigenvalue weighted by Gasteiger charge is -2.57. The molecule has 1 heterocycles. The number of benzene rings is 8. The molecule has 0 atom stereocenters. The van der Waals surface area contributed by atoms with Crippen molar-refractivity contribution in [2.24, 2.45) is 17.8 Å². The summed E-state index contributed by atoms with van der Waals surface area (Å²) in [5, 5.41) is 2.24. The Morgan fingerprint density at radius 1 is 0.344 bits per heavy atom. The van der Waals surface area contributed by atoms with Crippen molar-refractivity contribution in [1.29, 1.82) is 0 Å². The molecule has 13 rings (SSSR count). The monoisotopic (exact) mass is 788 g/mol. The summed E-state index contributed by atoms with van der Waals surface area (Å²) in [5.74, 6) is 2.80. The number of fused-ring (bicyclic) bond motifs is 3. The van der Waals surface area contributed by atoms with E-state index >= 15 is 0 Å². The third-order valence-corrected chi connectivity index (χ3v) is 14.2. The molecule has 296 valence electrons. The smallest absolute Gasteiger partial charge is 0.135 e. The number of nitrogens with zero attached hydrogens (tertiary/aromatic N) is 2. The van der Waals surface area contributed by atoms with Crippen LogP contribution in [0.5, 0.6) is 0 Å². The summed E-state index contributed by atoms with van der Waals surface area (Å²) in [6.45, 7) is 0. The van der Waals surface area contributed by atoms with Gasteiger partial charge in [-0.1, -0.05) is 115 Å². The molecule has 4 saturated carbocycles. The summed E-state index contributed by atoms with van der Waals surface area (Å²) in [5.41, 5.74) is 15.4. The molecular weight excluding hydrogens is 741 g/mol. The van der Waals surface area contributed by atoms with Crippen LogP contribution in [0.25, 0.3) is 44.2 Å². The predicted molar refractivity (Wildman–Crippen MR) is 254 cm³/mol. The van der Waals surface area contributed by atoms with Gasteiger partial charge in [0.2, 0.25) is 0 Å². The Morgan fingerprint density at radius 2 is 0.738 bits per heavy atom. The summed E-state index contributed by atoms with van der Waals surface area (Å²) in [7, 11) is 0. The van der Waals surface area contributed by atoms with E-state index in [9.17, 15) is 0 Å². The van der Waals surface area contributed by atoms with Crippen LogP contribution in [0.1, 0.15) is 44.1 Å². The molecule has 4 bridgehead atoms. The minimum Gasteiger partial charge on any atom is -0.456 e. The normalized spacial score (nSPS) is 20.3. The Morgan fingerprint density at radius 3 is 1.28 bits per heavy atom. The van der Waals surface area contributed by atoms with Gasteiger partial charge < -0.3 is 14.2 Å². The number of para-hydroxylation sites is 2. The van der Waals surface area contributed by atoms with Crippen molar-refractivity contribution < 1.29 is 4.42 Å². The molecule has 4 aliphatic rings. The zero-order chi connectivity index (χ0) is 40.3. The zero-order valence-corrected chi connectivity index (χ0v) is 34.3. The molecule has 0 N–H and O–H groups in total. The first-order chi connectivity index (χ1) is 30.1. The van der Waals surface area contributed by atoms with Gasteiger partial charge in [-0.15, -0.1) is 0 Å². The Hall–Kier alpha value is -6.84. The van der Waals surface area contributed by atoms with Crippen LogP contribution < -0.4 is 9.80 Å². The molecular formula is C58H48N2O. The van der Waals surface area contributed by atoms with Crippen LogP contribution in [0.2, 0.25) is 0 Å². The molecule has 1 aromatic heterocycles. The fourth-order valence-corrected chi connectivity index (χ4v) is 11.8. The predicted octanol–water partition coefficient (Wildman–Crippen LogP) is 16.3. The lowest BCUT2D eigenvalue weighted by atomic mass is 9.48. The van der Waals surface area contributed by atoms with Gasteiger partial charge in [0, 0.05) is 44.9 Å². The van der Waals surface area contributed by atoms with Crippen LogP contribution in [0.15, 0.2) is 205 Å².